The lowest BCUT2D eigenvalue weighted by Crippen LogP contribution is -2.31. The summed E-state index contributed by atoms with van der Waals surface area (Å²) in [4.78, 5) is 25.8. The van der Waals surface area contributed by atoms with Crippen molar-refractivity contribution in [3.05, 3.63) is 35.9 Å². The maximum absolute atomic E-state index is 11.2. The van der Waals surface area contributed by atoms with Gasteiger partial charge >= 0.3 is 0 Å². The van der Waals surface area contributed by atoms with Gasteiger partial charge in [-0.1, -0.05) is 6.07 Å². The zero-order valence-corrected chi connectivity index (χ0v) is 22.3. The average molecular weight is 555 g/mol. The van der Waals surface area contributed by atoms with Crippen LogP contribution in [0.15, 0.2) is 24.5 Å². The number of anilines is 2. The van der Waals surface area contributed by atoms with E-state index in [9.17, 15) is 9.90 Å². The third-order valence-corrected chi connectivity index (χ3v) is 6.45. The third-order valence-electron chi connectivity index (χ3n) is 6.45. The number of fused-ring (bicyclic) bond motifs is 1. The van der Waals surface area contributed by atoms with Gasteiger partial charge in [-0.05, 0) is 43.2 Å². The van der Waals surface area contributed by atoms with E-state index in [-0.39, 0.29) is 30.1 Å². The largest absolute Gasteiger partial charge is 0.493 e. The molecule has 4 atom stereocenters. The first-order valence-electron chi connectivity index (χ1n) is 12.5. The van der Waals surface area contributed by atoms with Crippen LogP contribution in [0.3, 0.4) is 0 Å². The molecule has 0 unspecified atom stereocenters. The first-order valence-corrected chi connectivity index (χ1v) is 12.5. The summed E-state index contributed by atoms with van der Waals surface area (Å²) in [7, 11) is 3.17. The van der Waals surface area contributed by atoms with Crippen molar-refractivity contribution in [2.45, 2.75) is 50.8 Å². The monoisotopic (exact) mass is 554 g/mol. The fourth-order valence-electron chi connectivity index (χ4n) is 4.43. The molecule has 0 amide bonds. The molecule has 1 fully saturated rings. The Balaban J connectivity index is 1.37. The predicted molar refractivity (Wildman–Crippen MR) is 139 cm³/mol. The van der Waals surface area contributed by atoms with E-state index >= 15 is 0 Å². The maximum Gasteiger partial charge on any atom is 0.293 e. The topological polar surface area (TPSA) is 199 Å². The third kappa shape index (κ3) is 5.05. The van der Waals surface area contributed by atoms with Gasteiger partial charge in [-0.3, -0.25) is 9.36 Å². The second kappa shape index (κ2) is 11.3. The Bertz CT molecular complexity index is 1490. The molecule has 0 bridgehead atoms. The van der Waals surface area contributed by atoms with Gasteiger partial charge in [-0.25, -0.2) is 4.98 Å². The van der Waals surface area contributed by atoms with Crippen LogP contribution in [-0.4, -0.2) is 84.3 Å². The number of hydrogen-bond donors (Lipinski definition) is 3. The van der Waals surface area contributed by atoms with Crippen molar-refractivity contribution < 1.29 is 28.8 Å². The maximum atomic E-state index is 11.2. The van der Waals surface area contributed by atoms with Crippen LogP contribution in [-0.2, 0) is 20.7 Å². The summed E-state index contributed by atoms with van der Waals surface area (Å²) >= 11 is 0. The minimum absolute atomic E-state index is 0.0521. The Morgan fingerprint density at radius 1 is 1.23 bits per heavy atom. The number of nitrogens with zero attached hydrogens (tertiary/aromatic N) is 8. The van der Waals surface area contributed by atoms with E-state index in [0.29, 0.717) is 35.6 Å². The molecule has 16 heteroatoms. The van der Waals surface area contributed by atoms with E-state index in [0.717, 1.165) is 5.56 Å². The van der Waals surface area contributed by atoms with Crippen LogP contribution >= 0.6 is 0 Å². The van der Waals surface area contributed by atoms with E-state index in [1.54, 1.807) is 14.2 Å². The van der Waals surface area contributed by atoms with Crippen molar-refractivity contribution in [2.75, 3.05) is 31.8 Å². The summed E-state index contributed by atoms with van der Waals surface area (Å²) in [6.07, 6.45) is -2.34. The molecule has 1 aromatic carbocycles. The van der Waals surface area contributed by atoms with Gasteiger partial charge in [0.2, 0.25) is 11.8 Å². The fourth-order valence-corrected chi connectivity index (χ4v) is 4.43. The van der Waals surface area contributed by atoms with Crippen LogP contribution in [0.2, 0.25) is 0 Å². The summed E-state index contributed by atoms with van der Waals surface area (Å²) in [6, 6.07) is 5.63. The highest BCUT2D eigenvalue weighted by molar-refractivity contribution is 5.83. The highest BCUT2D eigenvalue weighted by Gasteiger charge is 2.49. The van der Waals surface area contributed by atoms with Gasteiger partial charge in [0, 0.05) is 6.54 Å². The number of ether oxygens (including phenoxy) is 4. The number of aliphatic hydroxyl groups excluding tert-OH is 1. The van der Waals surface area contributed by atoms with E-state index in [1.165, 1.54) is 15.7 Å². The Morgan fingerprint density at radius 2 is 2.02 bits per heavy atom. The number of carbonyl (C=O) groups excluding carboxylic acids is 1. The number of hydrogen-bond acceptors (Lipinski definition) is 14. The number of nitrogen functional groups attached to an aromatic ring is 1. The molecule has 0 radical (unpaired) electrons. The summed E-state index contributed by atoms with van der Waals surface area (Å²) < 4.78 is 23.4. The lowest BCUT2D eigenvalue weighted by molar-refractivity contribution is -0.140. The molecule has 0 saturated carbocycles. The van der Waals surface area contributed by atoms with E-state index in [4.69, 9.17) is 24.7 Å². The molecule has 0 aliphatic carbocycles. The number of tetrazole rings is 1. The number of benzene rings is 1. The molecule has 1 saturated heterocycles. The van der Waals surface area contributed by atoms with Crippen LogP contribution < -0.4 is 20.5 Å². The van der Waals surface area contributed by atoms with Crippen LogP contribution in [0.5, 0.6) is 11.5 Å². The van der Waals surface area contributed by atoms with Gasteiger partial charge in [-0.15, -0.1) is 10.2 Å². The van der Waals surface area contributed by atoms with Crippen molar-refractivity contribution in [1.29, 1.82) is 0 Å². The lowest BCUT2D eigenvalue weighted by atomic mass is 10.1. The lowest BCUT2D eigenvalue weighted by Gasteiger charge is -2.17. The number of imidazole rings is 1. The fraction of sp³-hybridized carbons (Fsp3) is 0.458. The molecule has 3 aromatic heterocycles. The van der Waals surface area contributed by atoms with E-state index in [1.807, 2.05) is 32.0 Å². The van der Waals surface area contributed by atoms with Gasteiger partial charge in [0.05, 0.1) is 26.6 Å². The van der Waals surface area contributed by atoms with E-state index < -0.39 is 24.5 Å². The highest BCUT2D eigenvalue weighted by Crippen LogP contribution is 2.40. The first kappa shape index (κ1) is 27.0. The zero-order valence-electron chi connectivity index (χ0n) is 22.3. The van der Waals surface area contributed by atoms with Crippen LogP contribution in [0.4, 0.5) is 11.8 Å². The van der Waals surface area contributed by atoms with Gasteiger partial charge in [-0.2, -0.15) is 14.8 Å². The number of aromatic nitrogens is 8. The van der Waals surface area contributed by atoms with Crippen LogP contribution in [0.1, 0.15) is 43.6 Å². The van der Waals surface area contributed by atoms with Gasteiger partial charge in [0.25, 0.3) is 6.47 Å². The smallest absolute Gasteiger partial charge is 0.293 e. The van der Waals surface area contributed by atoms with Crippen molar-refractivity contribution >= 4 is 29.4 Å². The normalized spacial score (nSPS) is 20.6. The van der Waals surface area contributed by atoms with Crippen LogP contribution in [0, 0.1) is 0 Å². The van der Waals surface area contributed by atoms with Gasteiger partial charge in [0.15, 0.2) is 41.4 Å². The molecule has 1 aliphatic heterocycles. The van der Waals surface area contributed by atoms with Crippen molar-refractivity contribution in [2.24, 2.45) is 0 Å². The van der Waals surface area contributed by atoms with Crippen LogP contribution in [0.25, 0.3) is 11.2 Å². The standard InChI is InChI=1S/C24H30N10O6/c1-12(2)34-31-21(30-32-34)19-18(39-11-35)17(36)23(40-19)33-10-27-16-20(25)28-24(29-22(16)33)26-8-7-13-5-6-14(37-3)15(9-13)38-4/h5-6,9-12,17-19,23,36H,7-8H2,1-4H3,(H3,25,26,28,29)/t17-,18+,19+,23-/m1/s1. The molecule has 0 spiro atoms. The average Bonchev–Trinajstić information content (AvgIpc) is 3.67. The summed E-state index contributed by atoms with van der Waals surface area (Å²) in [5.74, 6) is 1.85. The summed E-state index contributed by atoms with van der Waals surface area (Å²) in [5.41, 5.74) is 7.83. The Hall–Kier alpha value is -4.57. The molecular weight excluding hydrogens is 524 g/mol. The number of methoxy groups -OCH3 is 2. The number of nitrogens with two attached hydrogens (primary N) is 1. The molecular formula is C24H30N10O6. The molecule has 5 rings (SSSR count). The van der Waals surface area contributed by atoms with Crippen molar-refractivity contribution in [3.63, 3.8) is 0 Å². The second-order valence-corrected chi connectivity index (χ2v) is 9.32. The van der Waals surface area contributed by atoms with E-state index in [2.05, 4.69) is 35.7 Å². The molecule has 212 valence electrons. The van der Waals surface area contributed by atoms with Crippen molar-refractivity contribution in [3.8, 4) is 11.5 Å². The zero-order chi connectivity index (χ0) is 28.4. The Morgan fingerprint density at radius 3 is 2.73 bits per heavy atom. The molecule has 4 N–H and O–H groups in total. The first-order chi connectivity index (χ1) is 19.3. The van der Waals surface area contributed by atoms with Gasteiger partial charge in [0.1, 0.15) is 11.6 Å². The molecule has 40 heavy (non-hydrogen) atoms. The highest BCUT2D eigenvalue weighted by atomic mass is 16.6. The summed E-state index contributed by atoms with van der Waals surface area (Å²) in [5, 5.41) is 26.6. The van der Waals surface area contributed by atoms with Gasteiger partial charge < -0.3 is 35.1 Å². The molecule has 1 aliphatic rings. The number of aliphatic hydroxyl groups is 1. The number of nitrogens with one attached hydrogen (secondary N) is 1. The Labute approximate surface area is 228 Å². The minimum atomic E-state index is -1.30. The van der Waals surface area contributed by atoms with Crippen molar-refractivity contribution in [1.82, 2.24) is 39.7 Å². The predicted octanol–water partition coefficient (Wildman–Crippen LogP) is 0.820. The Kier molecular flexibility index (Phi) is 7.61. The SMILES string of the molecule is COc1ccc(CCNc2nc(N)c3ncn([C@@H]4O[C@H](c5nnn(C(C)C)n5)[C@@H](OC=O)[C@H]4O)c3n2)cc1OC. The summed E-state index contributed by atoms with van der Waals surface area (Å²) in [6.45, 7) is 4.51. The second-order valence-electron chi connectivity index (χ2n) is 9.32. The number of carbonyl (C=O) groups is 1. The molecule has 4 aromatic rings. The quantitative estimate of drug-likeness (QED) is 0.220. The minimum Gasteiger partial charge on any atom is -0.493 e. The molecule has 16 nitrogen and oxygen atoms in total. The number of rotatable bonds is 11. The molecule has 4 heterocycles.